The highest BCUT2D eigenvalue weighted by atomic mass is 35.5. The Balaban J connectivity index is 2.53. The van der Waals surface area contributed by atoms with E-state index in [1.807, 2.05) is 6.92 Å². The number of halogens is 4. The van der Waals surface area contributed by atoms with E-state index in [1.165, 1.54) is 6.20 Å². The summed E-state index contributed by atoms with van der Waals surface area (Å²) in [7, 11) is 0. The highest BCUT2D eigenvalue weighted by Gasteiger charge is 2.33. The van der Waals surface area contributed by atoms with Gasteiger partial charge in [0.2, 0.25) is 0 Å². The van der Waals surface area contributed by atoms with Crippen molar-refractivity contribution in [2.75, 3.05) is 0 Å². The van der Waals surface area contributed by atoms with Crippen LogP contribution in [0.2, 0.25) is 5.15 Å². The van der Waals surface area contributed by atoms with Crippen LogP contribution in [0.25, 0.3) is 5.82 Å². The van der Waals surface area contributed by atoms with Crippen molar-refractivity contribution in [2.24, 2.45) is 0 Å². The first-order valence-electron chi connectivity index (χ1n) is 5.49. The molecule has 0 saturated carbocycles. The molecule has 0 N–H and O–H groups in total. The topological polar surface area (TPSA) is 43.6 Å². The Kier molecular flexibility index (Phi) is 3.49. The lowest BCUT2D eigenvalue weighted by molar-refractivity contribution is -0.141. The molecule has 8 heteroatoms. The average Bonchev–Trinajstić information content (AvgIpc) is 2.81. The van der Waals surface area contributed by atoms with E-state index in [1.54, 1.807) is 6.92 Å². The predicted molar refractivity (Wildman–Crippen MR) is 63.3 cm³/mol. The summed E-state index contributed by atoms with van der Waals surface area (Å²) in [5.41, 5.74) is -0.490. The van der Waals surface area contributed by atoms with Gasteiger partial charge in [0.1, 0.15) is 11.0 Å². The smallest absolute Gasteiger partial charge is 0.222 e. The summed E-state index contributed by atoms with van der Waals surface area (Å²) in [6.45, 7) is 3.46. The van der Waals surface area contributed by atoms with Crippen molar-refractivity contribution in [3.8, 4) is 5.82 Å². The maximum Gasteiger partial charge on any atom is 0.435 e. The third-order valence-electron chi connectivity index (χ3n) is 2.52. The Labute approximate surface area is 112 Å². The second-order valence-electron chi connectivity index (χ2n) is 3.88. The summed E-state index contributed by atoms with van der Waals surface area (Å²) in [6, 6.07) is 0.890. The number of rotatable bonds is 2. The largest absolute Gasteiger partial charge is 0.435 e. The Morgan fingerprint density at radius 3 is 2.53 bits per heavy atom. The first-order chi connectivity index (χ1) is 8.82. The third-order valence-corrected chi connectivity index (χ3v) is 2.89. The van der Waals surface area contributed by atoms with Crippen molar-refractivity contribution in [1.29, 1.82) is 0 Å². The minimum absolute atomic E-state index is 0.214. The normalized spacial score (nSPS) is 11.9. The molecule has 0 aliphatic heterocycles. The van der Waals surface area contributed by atoms with E-state index in [4.69, 9.17) is 11.6 Å². The first-order valence-corrected chi connectivity index (χ1v) is 5.87. The molecule has 0 aliphatic rings. The standard InChI is InChI=1S/C11H10ClF3N4/c1-3-8-16-9(12)6(2)10(17-8)19-5-4-7(18-19)11(13,14)15/h4-5H,3H2,1-2H3. The van der Waals surface area contributed by atoms with E-state index in [-0.39, 0.29) is 11.0 Å². The molecule has 0 bridgehead atoms. The van der Waals surface area contributed by atoms with E-state index in [2.05, 4.69) is 15.1 Å². The Morgan fingerprint density at radius 2 is 2.00 bits per heavy atom. The van der Waals surface area contributed by atoms with Crippen LogP contribution in [0.5, 0.6) is 0 Å². The number of aryl methyl sites for hydroxylation is 1. The molecular formula is C11H10ClF3N4. The van der Waals surface area contributed by atoms with Gasteiger partial charge in [-0.2, -0.15) is 18.3 Å². The Bertz CT molecular complexity index is 606. The molecule has 0 unspecified atom stereocenters. The molecule has 0 fully saturated rings. The minimum atomic E-state index is -4.48. The third kappa shape index (κ3) is 2.70. The number of nitrogens with zero attached hydrogens (tertiary/aromatic N) is 4. The fourth-order valence-corrected chi connectivity index (χ4v) is 1.68. The van der Waals surface area contributed by atoms with Gasteiger partial charge in [0, 0.05) is 18.2 Å². The summed E-state index contributed by atoms with van der Waals surface area (Å²) in [4.78, 5) is 8.18. The fraction of sp³-hybridized carbons (Fsp3) is 0.364. The van der Waals surface area contributed by atoms with Crippen LogP contribution < -0.4 is 0 Å². The van der Waals surface area contributed by atoms with Gasteiger partial charge in [0.05, 0.1) is 0 Å². The van der Waals surface area contributed by atoms with Crippen molar-refractivity contribution >= 4 is 11.6 Å². The summed E-state index contributed by atoms with van der Waals surface area (Å²) in [5, 5.41) is 3.69. The highest BCUT2D eigenvalue weighted by Crippen LogP contribution is 2.28. The number of alkyl halides is 3. The number of hydrogen-bond acceptors (Lipinski definition) is 3. The van der Waals surface area contributed by atoms with Gasteiger partial charge in [0.25, 0.3) is 0 Å². The zero-order chi connectivity index (χ0) is 14.2. The van der Waals surface area contributed by atoms with Gasteiger partial charge in [-0.1, -0.05) is 18.5 Å². The van der Waals surface area contributed by atoms with Crippen LogP contribution in [-0.4, -0.2) is 19.7 Å². The lowest BCUT2D eigenvalue weighted by Crippen LogP contribution is -2.10. The Hall–Kier alpha value is -1.63. The van der Waals surface area contributed by atoms with Gasteiger partial charge < -0.3 is 0 Å². The van der Waals surface area contributed by atoms with Crippen LogP contribution in [0.4, 0.5) is 13.2 Å². The van der Waals surface area contributed by atoms with Crippen LogP contribution in [0.15, 0.2) is 12.3 Å². The first kappa shape index (κ1) is 13.8. The number of aromatic nitrogens is 4. The zero-order valence-corrected chi connectivity index (χ0v) is 10.9. The second kappa shape index (κ2) is 4.80. The van der Waals surface area contributed by atoms with Gasteiger partial charge in [0.15, 0.2) is 11.5 Å². The van der Waals surface area contributed by atoms with Crippen molar-refractivity contribution < 1.29 is 13.2 Å². The Morgan fingerprint density at radius 1 is 1.32 bits per heavy atom. The number of hydrogen-bond donors (Lipinski definition) is 0. The monoisotopic (exact) mass is 290 g/mol. The van der Waals surface area contributed by atoms with Crippen LogP contribution in [0, 0.1) is 6.92 Å². The van der Waals surface area contributed by atoms with E-state index in [0.29, 0.717) is 17.8 Å². The van der Waals surface area contributed by atoms with Crippen LogP contribution in [0.1, 0.15) is 24.0 Å². The molecule has 2 rings (SSSR count). The quantitative estimate of drug-likeness (QED) is 0.798. The average molecular weight is 291 g/mol. The molecule has 0 spiro atoms. The lowest BCUT2D eigenvalue weighted by atomic mass is 10.3. The van der Waals surface area contributed by atoms with E-state index in [9.17, 15) is 13.2 Å². The van der Waals surface area contributed by atoms with Crippen molar-refractivity contribution in [1.82, 2.24) is 19.7 Å². The second-order valence-corrected chi connectivity index (χ2v) is 4.23. The maximum absolute atomic E-state index is 12.5. The molecule has 2 aromatic rings. The fourth-order valence-electron chi connectivity index (χ4n) is 1.49. The van der Waals surface area contributed by atoms with Crippen LogP contribution >= 0.6 is 11.6 Å². The van der Waals surface area contributed by atoms with E-state index >= 15 is 0 Å². The molecule has 4 nitrogen and oxygen atoms in total. The van der Waals surface area contributed by atoms with Gasteiger partial charge in [-0.3, -0.25) is 0 Å². The van der Waals surface area contributed by atoms with Crippen molar-refractivity contribution in [3.05, 3.63) is 34.5 Å². The van der Waals surface area contributed by atoms with Gasteiger partial charge in [-0.05, 0) is 13.0 Å². The summed E-state index contributed by atoms with van der Waals surface area (Å²) >= 11 is 5.93. The van der Waals surface area contributed by atoms with Crippen LogP contribution in [0.3, 0.4) is 0 Å². The molecule has 0 aliphatic carbocycles. The summed E-state index contributed by atoms with van der Waals surface area (Å²) in [5.74, 6) is 0.710. The maximum atomic E-state index is 12.5. The van der Waals surface area contributed by atoms with Gasteiger partial charge >= 0.3 is 6.18 Å². The van der Waals surface area contributed by atoms with Crippen molar-refractivity contribution in [2.45, 2.75) is 26.4 Å². The molecule has 0 aromatic carbocycles. The molecule has 2 aromatic heterocycles. The van der Waals surface area contributed by atoms with E-state index in [0.717, 1.165) is 10.7 Å². The molecule has 19 heavy (non-hydrogen) atoms. The summed E-state index contributed by atoms with van der Waals surface area (Å²) in [6.07, 6.45) is -2.75. The molecule has 0 saturated heterocycles. The predicted octanol–water partition coefficient (Wildman–Crippen LogP) is 3.21. The molecular weight excluding hydrogens is 281 g/mol. The lowest BCUT2D eigenvalue weighted by Gasteiger charge is -2.08. The SMILES string of the molecule is CCc1nc(Cl)c(C)c(-n2ccc(C(F)(F)F)n2)n1. The summed E-state index contributed by atoms with van der Waals surface area (Å²) < 4.78 is 38.6. The van der Waals surface area contributed by atoms with E-state index < -0.39 is 11.9 Å². The van der Waals surface area contributed by atoms with Crippen LogP contribution in [-0.2, 0) is 12.6 Å². The zero-order valence-electron chi connectivity index (χ0n) is 10.2. The highest BCUT2D eigenvalue weighted by molar-refractivity contribution is 6.30. The molecule has 0 amide bonds. The van der Waals surface area contributed by atoms with Crippen molar-refractivity contribution in [3.63, 3.8) is 0 Å². The molecule has 0 radical (unpaired) electrons. The van der Waals surface area contributed by atoms with Gasteiger partial charge in [-0.25, -0.2) is 14.6 Å². The molecule has 0 atom stereocenters. The minimum Gasteiger partial charge on any atom is -0.222 e. The van der Waals surface area contributed by atoms with Gasteiger partial charge in [-0.15, -0.1) is 0 Å². The molecule has 102 valence electrons. The molecule has 2 heterocycles.